The Morgan fingerprint density at radius 2 is 2.08 bits per heavy atom. The van der Waals surface area contributed by atoms with Gasteiger partial charge in [0, 0.05) is 29.2 Å². The lowest BCUT2D eigenvalue weighted by atomic mass is 10.0. The Morgan fingerprint density at radius 1 is 1.36 bits per heavy atom. The van der Waals surface area contributed by atoms with Crippen molar-refractivity contribution in [3.8, 4) is 0 Å². The van der Waals surface area contributed by atoms with Crippen LogP contribution < -0.4 is 5.32 Å². The van der Waals surface area contributed by atoms with Crippen LogP contribution in [0.5, 0.6) is 0 Å². The lowest BCUT2D eigenvalue weighted by Gasteiger charge is -2.21. The summed E-state index contributed by atoms with van der Waals surface area (Å²) in [4.78, 5) is 25.4. The Labute approximate surface area is 146 Å². The summed E-state index contributed by atoms with van der Waals surface area (Å²) >= 11 is 0. The number of ether oxygens (including phenoxy) is 1. The van der Waals surface area contributed by atoms with Crippen molar-refractivity contribution in [2.45, 2.75) is 45.0 Å². The van der Waals surface area contributed by atoms with Crippen LogP contribution in [0.4, 0.5) is 4.79 Å². The second-order valence-corrected chi connectivity index (χ2v) is 6.90. The topological polar surface area (TPSA) is 112 Å². The number of hydrogen-bond acceptors (Lipinski definition) is 5. The first-order chi connectivity index (χ1) is 11.7. The number of aliphatic hydroxyl groups is 2. The molecule has 25 heavy (non-hydrogen) atoms. The summed E-state index contributed by atoms with van der Waals surface area (Å²) in [5.41, 5.74) is 1.18. The Morgan fingerprint density at radius 3 is 2.72 bits per heavy atom. The van der Waals surface area contributed by atoms with Gasteiger partial charge in [0.2, 0.25) is 0 Å². The molecule has 0 fully saturated rings. The third kappa shape index (κ3) is 5.04. The third-order valence-corrected chi connectivity index (χ3v) is 3.68. The highest BCUT2D eigenvalue weighted by Gasteiger charge is 2.20. The van der Waals surface area contributed by atoms with E-state index >= 15 is 0 Å². The molecule has 2 unspecified atom stereocenters. The van der Waals surface area contributed by atoms with Crippen LogP contribution in [-0.4, -0.2) is 45.8 Å². The molecule has 0 saturated carbocycles. The summed E-state index contributed by atoms with van der Waals surface area (Å²) in [5.74, 6) is 0. The summed E-state index contributed by atoms with van der Waals surface area (Å²) in [6.07, 6.45) is -0.201. The molecule has 2 rings (SSSR count). The summed E-state index contributed by atoms with van der Waals surface area (Å²) < 4.78 is 5.10. The molecule has 0 spiro atoms. The molecular formula is C18H24N2O5. The second-order valence-electron chi connectivity index (χ2n) is 6.90. The zero-order valence-corrected chi connectivity index (χ0v) is 14.6. The lowest BCUT2D eigenvalue weighted by molar-refractivity contribution is 0.0124. The van der Waals surface area contributed by atoms with Gasteiger partial charge in [-0.1, -0.05) is 12.1 Å². The number of aldehydes is 1. The summed E-state index contributed by atoms with van der Waals surface area (Å²) in [5, 5.41) is 23.7. The molecule has 136 valence electrons. The van der Waals surface area contributed by atoms with Crippen LogP contribution in [-0.2, 0) is 4.74 Å². The number of aromatic nitrogens is 1. The standard InChI is InChI=1S/C18H24N2O5/c1-18(2,3)25-17(24)19-7-6-15(22)16(23)11-4-5-13-12(10-21)9-20-14(13)8-11/h4-5,8-10,15-16,20,22-23H,6-7H2,1-3H3,(H,19,24). The van der Waals surface area contributed by atoms with Crippen molar-refractivity contribution in [3.05, 3.63) is 35.5 Å². The van der Waals surface area contributed by atoms with Crippen molar-refractivity contribution in [1.82, 2.24) is 10.3 Å². The number of hydrogen-bond donors (Lipinski definition) is 4. The SMILES string of the molecule is CC(C)(C)OC(=O)NCCC(O)C(O)c1ccc2c(C=O)c[nH]c2c1. The van der Waals surface area contributed by atoms with Gasteiger partial charge in [-0.05, 0) is 38.8 Å². The zero-order valence-electron chi connectivity index (χ0n) is 14.6. The molecule has 1 amide bonds. The van der Waals surface area contributed by atoms with Crippen molar-refractivity contribution < 1.29 is 24.5 Å². The largest absolute Gasteiger partial charge is 0.444 e. The highest BCUT2D eigenvalue weighted by Crippen LogP contribution is 2.24. The fourth-order valence-corrected chi connectivity index (χ4v) is 2.46. The molecule has 0 aliphatic rings. The maximum absolute atomic E-state index is 11.5. The minimum Gasteiger partial charge on any atom is -0.444 e. The van der Waals surface area contributed by atoms with Crippen LogP contribution in [0.1, 0.15) is 49.2 Å². The number of alkyl carbamates (subject to hydrolysis) is 1. The fraction of sp³-hybridized carbons (Fsp3) is 0.444. The number of carbonyl (C=O) groups is 2. The van der Waals surface area contributed by atoms with Crippen molar-refractivity contribution in [3.63, 3.8) is 0 Å². The van der Waals surface area contributed by atoms with Gasteiger partial charge < -0.3 is 25.3 Å². The molecule has 0 aliphatic heterocycles. The van der Waals surface area contributed by atoms with Gasteiger partial charge in [-0.3, -0.25) is 4.79 Å². The number of fused-ring (bicyclic) bond motifs is 1. The Hall–Kier alpha value is -2.38. The van der Waals surface area contributed by atoms with E-state index in [2.05, 4.69) is 10.3 Å². The first-order valence-corrected chi connectivity index (χ1v) is 8.10. The van der Waals surface area contributed by atoms with E-state index in [0.717, 1.165) is 11.7 Å². The monoisotopic (exact) mass is 348 g/mol. The molecule has 1 aromatic heterocycles. The quantitative estimate of drug-likeness (QED) is 0.599. The maximum atomic E-state index is 11.5. The van der Waals surface area contributed by atoms with Crippen LogP contribution in [0, 0.1) is 0 Å². The fourth-order valence-electron chi connectivity index (χ4n) is 2.46. The first-order valence-electron chi connectivity index (χ1n) is 8.10. The van der Waals surface area contributed by atoms with Gasteiger partial charge in [-0.25, -0.2) is 4.79 Å². The molecule has 4 N–H and O–H groups in total. The summed E-state index contributed by atoms with van der Waals surface area (Å²) in [7, 11) is 0. The lowest BCUT2D eigenvalue weighted by Crippen LogP contribution is -2.34. The molecule has 0 aliphatic carbocycles. The Balaban J connectivity index is 1.92. The van der Waals surface area contributed by atoms with Crippen LogP contribution in [0.2, 0.25) is 0 Å². The van der Waals surface area contributed by atoms with E-state index in [-0.39, 0.29) is 13.0 Å². The smallest absolute Gasteiger partial charge is 0.407 e. The Bertz CT molecular complexity index is 747. The van der Waals surface area contributed by atoms with Crippen molar-refractivity contribution in [2.24, 2.45) is 0 Å². The minimum atomic E-state index is -1.10. The van der Waals surface area contributed by atoms with E-state index in [0.29, 0.717) is 16.6 Å². The summed E-state index contributed by atoms with van der Waals surface area (Å²) in [6, 6.07) is 5.08. The molecule has 2 aromatic rings. The number of nitrogens with one attached hydrogen (secondary N) is 2. The van der Waals surface area contributed by atoms with Gasteiger partial charge >= 0.3 is 6.09 Å². The molecule has 7 heteroatoms. The van der Waals surface area contributed by atoms with Crippen LogP contribution in [0.3, 0.4) is 0 Å². The second kappa shape index (κ2) is 7.67. The highest BCUT2D eigenvalue weighted by molar-refractivity contribution is 5.97. The van der Waals surface area contributed by atoms with Crippen LogP contribution >= 0.6 is 0 Å². The number of aliphatic hydroxyl groups excluding tert-OH is 2. The van der Waals surface area contributed by atoms with Gasteiger partial charge in [0.05, 0.1) is 6.10 Å². The predicted octanol–water partition coefficient (Wildman–Crippen LogP) is 2.29. The zero-order chi connectivity index (χ0) is 18.6. The van der Waals surface area contributed by atoms with Crippen LogP contribution in [0.25, 0.3) is 10.9 Å². The van der Waals surface area contributed by atoms with Gasteiger partial charge in [0.1, 0.15) is 11.7 Å². The Kier molecular flexibility index (Phi) is 5.81. The summed E-state index contributed by atoms with van der Waals surface area (Å²) in [6.45, 7) is 5.46. The predicted molar refractivity (Wildman–Crippen MR) is 93.5 cm³/mol. The number of rotatable bonds is 6. The van der Waals surface area contributed by atoms with Crippen molar-refractivity contribution in [1.29, 1.82) is 0 Å². The average Bonchev–Trinajstić information content (AvgIpc) is 2.94. The molecular weight excluding hydrogens is 324 g/mol. The molecule has 1 heterocycles. The number of H-pyrrole nitrogens is 1. The van der Waals surface area contributed by atoms with Crippen molar-refractivity contribution >= 4 is 23.3 Å². The van der Waals surface area contributed by atoms with E-state index in [1.807, 2.05) is 0 Å². The van der Waals surface area contributed by atoms with Gasteiger partial charge in [-0.2, -0.15) is 0 Å². The maximum Gasteiger partial charge on any atom is 0.407 e. The number of carbonyl (C=O) groups excluding carboxylic acids is 2. The van der Waals surface area contributed by atoms with Gasteiger partial charge in [0.25, 0.3) is 0 Å². The normalized spacial score (nSPS) is 14.1. The minimum absolute atomic E-state index is 0.169. The van der Waals surface area contributed by atoms with Crippen LogP contribution in [0.15, 0.2) is 24.4 Å². The highest BCUT2D eigenvalue weighted by atomic mass is 16.6. The first kappa shape index (κ1) is 19.0. The number of amides is 1. The molecule has 0 bridgehead atoms. The molecule has 1 aromatic carbocycles. The van der Waals surface area contributed by atoms with Gasteiger partial charge in [0.15, 0.2) is 6.29 Å². The molecule has 0 saturated heterocycles. The van der Waals surface area contributed by atoms with E-state index < -0.39 is 23.9 Å². The number of aromatic amines is 1. The third-order valence-electron chi connectivity index (χ3n) is 3.68. The van der Waals surface area contributed by atoms with E-state index in [9.17, 15) is 19.8 Å². The van der Waals surface area contributed by atoms with Crippen molar-refractivity contribution in [2.75, 3.05) is 6.54 Å². The van der Waals surface area contributed by atoms with Gasteiger partial charge in [-0.15, -0.1) is 0 Å². The van der Waals surface area contributed by atoms with E-state index in [1.54, 1.807) is 45.2 Å². The van der Waals surface area contributed by atoms with E-state index in [4.69, 9.17) is 4.74 Å². The number of benzene rings is 1. The average molecular weight is 348 g/mol. The molecule has 2 atom stereocenters. The van der Waals surface area contributed by atoms with E-state index in [1.165, 1.54) is 0 Å². The molecule has 7 nitrogen and oxygen atoms in total. The molecule has 0 radical (unpaired) electrons.